The first-order chi connectivity index (χ1) is 13.4. The largest absolute Gasteiger partial charge is 0.339 e. The van der Waals surface area contributed by atoms with Gasteiger partial charge in [-0.05, 0) is 66.9 Å². The van der Waals surface area contributed by atoms with Crippen molar-refractivity contribution in [3.63, 3.8) is 0 Å². The molecule has 6 heteroatoms. The second-order valence-electron chi connectivity index (χ2n) is 7.27. The Bertz CT molecular complexity index is 872. The van der Waals surface area contributed by atoms with Crippen molar-refractivity contribution in [2.24, 2.45) is 0 Å². The molecular weight excluding hydrogens is 370 g/mol. The van der Waals surface area contributed by atoms with Crippen molar-refractivity contribution < 1.29 is 9.59 Å². The first kappa shape index (κ1) is 20.0. The lowest BCUT2D eigenvalue weighted by Crippen LogP contribution is -2.34. The lowest BCUT2D eigenvalue weighted by atomic mass is 10.0. The van der Waals surface area contributed by atoms with E-state index in [-0.39, 0.29) is 16.9 Å². The molecule has 2 N–H and O–H groups in total. The van der Waals surface area contributed by atoms with Gasteiger partial charge >= 0.3 is 0 Å². The topological polar surface area (TPSA) is 61.4 Å². The summed E-state index contributed by atoms with van der Waals surface area (Å²) in [6.45, 7) is 5.83. The predicted molar refractivity (Wildman–Crippen MR) is 116 cm³/mol. The average molecular weight is 396 g/mol. The number of likely N-dealkylation sites (tertiary alicyclic amines) is 1. The van der Waals surface area contributed by atoms with Crippen molar-refractivity contribution in [2.45, 2.75) is 32.6 Å². The SMILES string of the molecule is CC(C)c1ccc(C(=O)NC(=S)Nc2cccc(C(=O)N3CCCC3)c2)cc1. The molecule has 5 nitrogen and oxygen atoms in total. The van der Waals surface area contributed by atoms with E-state index in [9.17, 15) is 9.59 Å². The van der Waals surface area contributed by atoms with E-state index in [0.29, 0.717) is 22.7 Å². The van der Waals surface area contributed by atoms with Gasteiger partial charge in [0.05, 0.1) is 0 Å². The molecule has 1 aliphatic rings. The van der Waals surface area contributed by atoms with Crippen LogP contribution in [0.15, 0.2) is 48.5 Å². The van der Waals surface area contributed by atoms with E-state index in [1.165, 1.54) is 5.56 Å². The standard InChI is InChI=1S/C22H25N3O2S/c1-15(2)16-8-10-17(11-9-16)20(26)24-22(28)23-19-7-5-6-18(14-19)21(27)25-12-3-4-13-25/h5-11,14-15H,3-4,12-13H2,1-2H3,(H2,23,24,26,28). The van der Waals surface area contributed by atoms with Crippen LogP contribution in [0.25, 0.3) is 0 Å². The summed E-state index contributed by atoms with van der Waals surface area (Å²) in [6.07, 6.45) is 2.11. The van der Waals surface area contributed by atoms with Gasteiger partial charge < -0.3 is 10.2 Å². The number of carbonyl (C=O) groups is 2. The number of hydrogen-bond donors (Lipinski definition) is 2. The van der Waals surface area contributed by atoms with Crippen LogP contribution in [0.1, 0.15) is 58.9 Å². The Morgan fingerprint density at radius 1 is 1.00 bits per heavy atom. The number of benzene rings is 2. The smallest absolute Gasteiger partial charge is 0.257 e. The van der Waals surface area contributed by atoms with Gasteiger partial charge in [0.15, 0.2) is 5.11 Å². The molecule has 0 unspecified atom stereocenters. The van der Waals surface area contributed by atoms with Crippen LogP contribution in [-0.2, 0) is 0 Å². The number of amides is 2. The van der Waals surface area contributed by atoms with Gasteiger partial charge in [-0.3, -0.25) is 14.9 Å². The van der Waals surface area contributed by atoms with Crippen LogP contribution in [0.3, 0.4) is 0 Å². The third kappa shape index (κ3) is 4.95. The molecule has 2 aromatic rings. The van der Waals surface area contributed by atoms with E-state index >= 15 is 0 Å². The summed E-state index contributed by atoms with van der Waals surface area (Å²) in [6, 6.07) is 14.7. The number of hydrogen-bond acceptors (Lipinski definition) is 3. The van der Waals surface area contributed by atoms with Crippen molar-refractivity contribution >= 4 is 34.8 Å². The number of thiocarbonyl (C=S) groups is 1. The van der Waals surface area contributed by atoms with E-state index in [1.54, 1.807) is 30.3 Å². The first-order valence-electron chi connectivity index (χ1n) is 9.55. The van der Waals surface area contributed by atoms with Crippen molar-refractivity contribution in [2.75, 3.05) is 18.4 Å². The van der Waals surface area contributed by atoms with Crippen LogP contribution in [-0.4, -0.2) is 34.9 Å². The maximum atomic E-state index is 12.5. The van der Waals surface area contributed by atoms with Gasteiger partial charge in [-0.15, -0.1) is 0 Å². The molecule has 0 bridgehead atoms. The number of nitrogens with one attached hydrogen (secondary N) is 2. The minimum atomic E-state index is -0.267. The number of rotatable bonds is 4. The number of carbonyl (C=O) groups excluding carboxylic acids is 2. The summed E-state index contributed by atoms with van der Waals surface area (Å²) in [5.74, 6) is 0.175. The molecule has 28 heavy (non-hydrogen) atoms. The Morgan fingerprint density at radius 3 is 2.32 bits per heavy atom. The Hall–Kier alpha value is -2.73. The van der Waals surface area contributed by atoms with E-state index in [2.05, 4.69) is 24.5 Å². The molecule has 0 aromatic heterocycles. The minimum absolute atomic E-state index is 0.0290. The van der Waals surface area contributed by atoms with Gasteiger partial charge in [-0.1, -0.05) is 32.0 Å². The quantitative estimate of drug-likeness (QED) is 0.763. The number of nitrogens with zero attached hydrogens (tertiary/aromatic N) is 1. The summed E-state index contributed by atoms with van der Waals surface area (Å²) in [5.41, 5.74) is 3.01. The lowest BCUT2D eigenvalue weighted by Gasteiger charge is -2.16. The van der Waals surface area contributed by atoms with Crippen molar-refractivity contribution in [1.82, 2.24) is 10.2 Å². The zero-order valence-electron chi connectivity index (χ0n) is 16.2. The molecule has 1 heterocycles. The van der Waals surface area contributed by atoms with Gasteiger partial charge in [0.1, 0.15) is 0 Å². The van der Waals surface area contributed by atoms with Crippen molar-refractivity contribution in [1.29, 1.82) is 0 Å². The molecule has 0 atom stereocenters. The lowest BCUT2D eigenvalue weighted by molar-refractivity contribution is 0.0792. The third-order valence-electron chi connectivity index (χ3n) is 4.83. The highest BCUT2D eigenvalue weighted by Crippen LogP contribution is 2.17. The van der Waals surface area contributed by atoms with Crippen LogP contribution in [0, 0.1) is 0 Å². The summed E-state index contributed by atoms with van der Waals surface area (Å²) in [4.78, 5) is 26.8. The second kappa shape index (κ2) is 8.97. The molecule has 1 aliphatic heterocycles. The summed E-state index contributed by atoms with van der Waals surface area (Å²) >= 11 is 5.26. The van der Waals surface area contributed by atoms with Gasteiger partial charge in [-0.25, -0.2) is 0 Å². The molecule has 0 radical (unpaired) electrons. The molecule has 2 amide bonds. The van der Waals surface area contributed by atoms with E-state index in [0.717, 1.165) is 25.9 Å². The van der Waals surface area contributed by atoms with Crippen LogP contribution in [0.5, 0.6) is 0 Å². The Morgan fingerprint density at radius 2 is 1.68 bits per heavy atom. The molecule has 1 fully saturated rings. The summed E-state index contributed by atoms with van der Waals surface area (Å²) in [5, 5.41) is 5.87. The third-order valence-corrected chi connectivity index (χ3v) is 5.03. The average Bonchev–Trinajstić information content (AvgIpc) is 3.22. The molecule has 0 saturated carbocycles. The summed E-state index contributed by atoms with van der Waals surface area (Å²) in [7, 11) is 0. The van der Waals surface area contributed by atoms with Crippen LogP contribution >= 0.6 is 12.2 Å². The van der Waals surface area contributed by atoms with E-state index < -0.39 is 0 Å². The highest BCUT2D eigenvalue weighted by molar-refractivity contribution is 7.80. The highest BCUT2D eigenvalue weighted by Gasteiger charge is 2.19. The Kier molecular flexibility index (Phi) is 6.41. The van der Waals surface area contributed by atoms with Crippen molar-refractivity contribution in [3.8, 4) is 0 Å². The fourth-order valence-corrected chi connectivity index (χ4v) is 3.40. The zero-order valence-corrected chi connectivity index (χ0v) is 17.0. The molecule has 1 saturated heterocycles. The van der Waals surface area contributed by atoms with Crippen LogP contribution in [0.4, 0.5) is 5.69 Å². The van der Waals surface area contributed by atoms with Gasteiger partial charge in [0.2, 0.25) is 0 Å². The van der Waals surface area contributed by atoms with Gasteiger partial charge in [0, 0.05) is 29.9 Å². The van der Waals surface area contributed by atoms with Gasteiger partial charge in [-0.2, -0.15) is 0 Å². The molecule has 0 aliphatic carbocycles. The maximum Gasteiger partial charge on any atom is 0.257 e. The second-order valence-corrected chi connectivity index (χ2v) is 7.67. The molecule has 3 rings (SSSR count). The van der Waals surface area contributed by atoms with Gasteiger partial charge in [0.25, 0.3) is 11.8 Å². The molecule has 2 aromatic carbocycles. The minimum Gasteiger partial charge on any atom is -0.339 e. The molecule has 146 valence electrons. The normalized spacial score (nSPS) is 13.5. The predicted octanol–water partition coefficient (Wildman–Crippen LogP) is 4.17. The van der Waals surface area contributed by atoms with Crippen LogP contribution in [0.2, 0.25) is 0 Å². The number of anilines is 1. The molecular formula is C22H25N3O2S. The molecule has 0 spiro atoms. The van der Waals surface area contributed by atoms with E-state index in [4.69, 9.17) is 12.2 Å². The Balaban J connectivity index is 1.60. The fraction of sp³-hybridized carbons (Fsp3) is 0.318. The monoisotopic (exact) mass is 395 g/mol. The van der Waals surface area contributed by atoms with Crippen molar-refractivity contribution in [3.05, 3.63) is 65.2 Å². The highest BCUT2D eigenvalue weighted by atomic mass is 32.1. The van der Waals surface area contributed by atoms with E-state index in [1.807, 2.05) is 23.1 Å². The maximum absolute atomic E-state index is 12.5. The van der Waals surface area contributed by atoms with Crippen LogP contribution < -0.4 is 10.6 Å². The Labute approximate surface area is 171 Å². The zero-order chi connectivity index (χ0) is 20.1. The first-order valence-corrected chi connectivity index (χ1v) is 9.96. The summed E-state index contributed by atoms with van der Waals surface area (Å²) < 4.78 is 0. The fourth-order valence-electron chi connectivity index (χ4n) is 3.19.